The van der Waals surface area contributed by atoms with Crippen LogP contribution >= 0.6 is 23.2 Å². The molecule has 1 aliphatic heterocycles. The molecular weight excluding hydrogens is 399 g/mol. The minimum atomic E-state index is 0.311. The van der Waals surface area contributed by atoms with Crippen molar-refractivity contribution in [3.8, 4) is 11.6 Å². The molecule has 0 unspecified atom stereocenters. The van der Waals surface area contributed by atoms with Gasteiger partial charge >= 0.3 is 0 Å². The number of ether oxygens (including phenoxy) is 1. The number of pyridine rings is 1. The van der Waals surface area contributed by atoms with E-state index in [-0.39, 0.29) is 0 Å². The number of benzene rings is 1. The Morgan fingerprint density at radius 1 is 1.25 bits per heavy atom. The third kappa shape index (κ3) is 4.76. The number of aromatic nitrogens is 1. The number of hydrogen-bond acceptors (Lipinski definition) is 5. The summed E-state index contributed by atoms with van der Waals surface area (Å²) in [5.41, 5.74) is 1.35. The summed E-state index contributed by atoms with van der Waals surface area (Å²) >= 11 is 12.3. The molecule has 0 bridgehead atoms. The second-order valence-corrected chi connectivity index (χ2v) is 7.33. The maximum atomic E-state index is 9.75. The highest BCUT2D eigenvalue weighted by Gasteiger charge is 2.24. The van der Waals surface area contributed by atoms with Crippen LogP contribution in [0.4, 0.5) is 0 Å². The molecule has 1 N–H and O–H groups in total. The summed E-state index contributed by atoms with van der Waals surface area (Å²) in [5.74, 6) is 1.12. The van der Waals surface area contributed by atoms with Crippen LogP contribution in [0.1, 0.15) is 11.3 Å². The lowest BCUT2D eigenvalue weighted by Gasteiger charge is -2.35. The van der Waals surface area contributed by atoms with Crippen LogP contribution in [-0.4, -0.2) is 58.6 Å². The van der Waals surface area contributed by atoms with E-state index < -0.39 is 0 Å². The normalized spacial score (nSPS) is 15.5. The quantitative estimate of drug-likeness (QED) is 0.255. The van der Waals surface area contributed by atoms with E-state index >= 15 is 0 Å². The third-order valence-corrected chi connectivity index (χ3v) is 5.04. The first-order valence-electron chi connectivity index (χ1n) is 8.93. The molecule has 148 valence electrons. The van der Waals surface area contributed by atoms with Crippen LogP contribution in [0, 0.1) is 6.92 Å². The molecule has 2 aromatic rings. The number of oxime groups is 1. The molecule has 1 aliphatic rings. The maximum Gasteiger partial charge on any atom is 0.230 e. The highest BCUT2D eigenvalue weighted by molar-refractivity contribution is 6.34. The highest BCUT2D eigenvalue weighted by Crippen LogP contribution is 2.33. The van der Waals surface area contributed by atoms with Crippen molar-refractivity contribution < 1.29 is 9.94 Å². The molecule has 3 rings (SSSR count). The van der Waals surface area contributed by atoms with Gasteiger partial charge in [-0.2, -0.15) is 0 Å². The van der Waals surface area contributed by atoms with Crippen LogP contribution in [0.5, 0.6) is 11.6 Å². The van der Waals surface area contributed by atoms with Gasteiger partial charge in [-0.05, 0) is 31.2 Å². The van der Waals surface area contributed by atoms with Crippen molar-refractivity contribution in [3.63, 3.8) is 0 Å². The van der Waals surface area contributed by atoms with Crippen molar-refractivity contribution in [2.75, 3.05) is 32.7 Å². The van der Waals surface area contributed by atoms with E-state index in [4.69, 9.17) is 27.9 Å². The Labute approximate surface area is 174 Å². The Hall–Kier alpha value is -2.28. The fourth-order valence-corrected chi connectivity index (χ4v) is 3.37. The molecule has 1 aromatic carbocycles. The first-order valence-corrected chi connectivity index (χ1v) is 9.68. The number of amidine groups is 1. The standard InChI is InChI=1S/C20H22Cl2N4O2/c1-3-8-25-9-11-26(12-10-25)19(24-27)16-6-4-14(2)23-20(16)28-18-13-15(21)5-7-17(18)22/h3-7,13,27H,1,8-12H2,2H3/b24-19-. The summed E-state index contributed by atoms with van der Waals surface area (Å²) in [6.07, 6.45) is 1.89. The zero-order chi connectivity index (χ0) is 20.1. The van der Waals surface area contributed by atoms with Crippen molar-refractivity contribution in [1.82, 2.24) is 14.8 Å². The van der Waals surface area contributed by atoms with Gasteiger partial charge in [-0.15, -0.1) is 6.58 Å². The van der Waals surface area contributed by atoms with Gasteiger partial charge in [0, 0.05) is 49.5 Å². The van der Waals surface area contributed by atoms with Crippen LogP contribution in [0.2, 0.25) is 10.0 Å². The van der Waals surface area contributed by atoms with Gasteiger partial charge in [0.15, 0.2) is 5.84 Å². The van der Waals surface area contributed by atoms with Gasteiger partial charge in [0.1, 0.15) is 5.75 Å². The average Bonchev–Trinajstić information content (AvgIpc) is 2.68. The second-order valence-electron chi connectivity index (χ2n) is 6.48. The largest absolute Gasteiger partial charge is 0.437 e. The van der Waals surface area contributed by atoms with Crippen molar-refractivity contribution in [3.05, 3.63) is 64.3 Å². The van der Waals surface area contributed by atoms with Gasteiger partial charge in [-0.3, -0.25) is 4.90 Å². The van der Waals surface area contributed by atoms with Gasteiger partial charge in [-0.1, -0.05) is 34.4 Å². The number of piperazine rings is 1. The zero-order valence-electron chi connectivity index (χ0n) is 15.6. The molecule has 0 amide bonds. The molecule has 1 saturated heterocycles. The van der Waals surface area contributed by atoms with Crippen molar-refractivity contribution >= 4 is 29.0 Å². The number of halogens is 2. The van der Waals surface area contributed by atoms with Crippen molar-refractivity contribution in [2.24, 2.45) is 5.16 Å². The molecule has 2 heterocycles. The molecule has 28 heavy (non-hydrogen) atoms. The molecule has 0 spiro atoms. The molecular formula is C20H22Cl2N4O2. The Balaban J connectivity index is 1.89. The first kappa shape index (κ1) is 20.5. The van der Waals surface area contributed by atoms with Crippen LogP contribution in [0.3, 0.4) is 0 Å². The van der Waals surface area contributed by atoms with Crippen molar-refractivity contribution in [1.29, 1.82) is 0 Å². The number of rotatable bonds is 5. The zero-order valence-corrected chi connectivity index (χ0v) is 17.1. The predicted octanol–water partition coefficient (Wildman–Crippen LogP) is 4.43. The number of nitrogens with zero attached hydrogens (tertiary/aromatic N) is 4. The molecule has 0 radical (unpaired) electrons. The predicted molar refractivity (Wildman–Crippen MR) is 112 cm³/mol. The third-order valence-electron chi connectivity index (χ3n) is 4.49. The molecule has 1 aromatic heterocycles. The van der Waals surface area contributed by atoms with E-state index in [2.05, 4.69) is 21.6 Å². The molecule has 0 aliphatic carbocycles. The van der Waals surface area contributed by atoms with Crippen molar-refractivity contribution in [2.45, 2.75) is 6.92 Å². The lowest BCUT2D eigenvalue weighted by molar-refractivity contribution is 0.192. The summed E-state index contributed by atoms with van der Waals surface area (Å²) in [5, 5.41) is 14.2. The molecule has 0 atom stereocenters. The second kappa shape index (κ2) is 9.28. The SMILES string of the molecule is C=CCN1CCN(/C(=N\O)c2ccc(C)nc2Oc2cc(Cl)ccc2Cl)CC1. The fourth-order valence-electron chi connectivity index (χ4n) is 3.05. The Morgan fingerprint density at radius 2 is 2.00 bits per heavy atom. The smallest absolute Gasteiger partial charge is 0.230 e. The Morgan fingerprint density at radius 3 is 2.68 bits per heavy atom. The van der Waals surface area contributed by atoms with Gasteiger partial charge < -0.3 is 14.8 Å². The fraction of sp³-hybridized carbons (Fsp3) is 0.300. The van der Waals surface area contributed by atoms with E-state index in [9.17, 15) is 5.21 Å². The minimum absolute atomic E-state index is 0.311. The lowest BCUT2D eigenvalue weighted by atomic mass is 10.2. The summed E-state index contributed by atoms with van der Waals surface area (Å²) in [6, 6.07) is 8.66. The monoisotopic (exact) mass is 420 g/mol. The van der Waals surface area contributed by atoms with Crippen LogP contribution < -0.4 is 4.74 Å². The van der Waals surface area contributed by atoms with Crippen LogP contribution in [0.25, 0.3) is 0 Å². The highest BCUT2D eigenvalue weighted by atomic mass is 35.5. The molecule has 8 heteroatoms. The molecule has 1 fully saturated rings. The van der Waals surface area contributed by atoms with E-state index in [0.29, 0.717) is 33.1 Å². The van der Waals surface area contributed by atoms with E-state index in [0.717, 1.165) is 38.4 Å². The number of hydrogen-bond donors (Lipinski definition) is 1. The summed E-state index contributed by atoms with van der Waals surface area (Å²) in [6.45, 7) is 9.62. The topological polar surface area (TPSA) is 61.2 Å². The van der Waals surface area contributed by atoms with Crippen LogP contribution in [0.15, 0.2) is 48.1 Å². The summed E-state index contributed by atoms with van der Waals surface area (Å²) in [4.78, 5) is 8.78. The molecule has 6 nitrogen and oxygen atoms in total. The van der Waals surface area contributed by atoms with E-state index in [1.54, 1.807) is 18.2 Å². The number of aryl methyl sites for hydroxylation is 1. The Kier molecular flexibility index (Phi) is 6.78. The summed E-state index contributed by atoms with van der Waals surface area (Å²) in [7, 11) is 0. The first-order chi connectivity index (χ1) is 13.5. The van der Waals surface area contributed by atoms with Gasteiger partial charge in [0.2, 0.25) is 5.88 Å². The molecule has 0 saturated carbocycles. The van der Waals surface area contributed by atoms with Gasteiger partial charge in [0.05, 0.1) is 10.6 Å². The minimum Gasteiger partial charge on any atom is -0.437 e. The van der Waals surface area contributed by atoms with Gasteiger partial charge in [-0.25, -0.2) is 4.98 Å². The van der Waals surface area contributed by atoms with E-state index in [1.165, 1.54) is 0 Å². The lowest BCUT2D eigenvalue weighted by Crippen LogP contribution is -2.49. The Bertz CT molecular complexity index is 881. The van der Waals surface area contributed by atoms with Crippen LogP contribution in [-0.2, 0) is 0 Å². The maximum absolute atomic E-state index is 9.75. The summed E-state index contributed by atoms with van der Waals surface area (Å²) < 4.78 is 5.97. The van der Waals surface area contributed by atoms with Gasteiger partial charge in [0.25, 0.3) is 0 Å². The van der Waals surface area contributed by atoms with E-state index in [1.807, 2.05) is 30.0 Å². The average molecular weight is 421 g/mol.